The van der Waals surface area contributed by atoms with Gasteiger partial charge in [-0.05, 0) is 71.1 Å². The molecule has 0 aliphatic heterocycles. The maximum Gasteiger partial charge on any atom is 0.412 e. The predicted octanol–water partition coefficient (Wildman–Crippen LogP) is 7.13. The van der Waals surface area contributed by atoms with Crippen LogP contribution in [0.2, 0.25) is 0 Å². The number of rotatable bonds is 4. The topological polar surface area (TPSA) is 38.3 Å². The number of carbonyl (C=O) groups is 1. The first-order valence-corrected chi connectivity index (χ1v) is 11.9. The Balaban J connectivity index is 1.61. The molecular formula is C28H37NO2. The van der Waals surface area contributed by atoms with Crippen LogP contribution in [0.1, 0.15) is 88.5 Å². The van der Waals surface area contributed by atoms with Crippen molar-refractivity contribution in [3.63, 3.8) is 0 Å². The average molecular weight is 420 g/mol. The zero-order valence-electron chi connectivity index (χ0n) is 19.8. The van der Waals surface area contributed by atoms with Crippen molar-refractivity contribution in [2.24, 2.45) is 11.3 Å². The minimum absolute atomic E-state index is 0.215. The maximum absolute atomic E-state index is 12.6. The van der Waals surface area contributed by atoms with E-state index in [4.69, 9.17) is 4.74 Å². The van der Waals surface area contributed by atoms with Crippen LogP contribution in [0.3, 0.4) is 0 Å². The van der Waals surface area contributed by atoms with Crippen molar-refractivity contribution >= 4 is 6.09 Å². The molecule has 4 rings (SSSR count). The molecule has 1 amide bonds. The molecule has 2 aliphatic carbocycles. The molecule has 0 saturated heterocycles. The summed E-state index contributed by atoms with van der Waals surface area (Å²) in [6.45, 7) is 12.3. The van der Waals surface area contributed by atoms with E-state index in [9.17, 15) is 4.79 Å². The summed E-state index contributed by atoms with van der Waals surface area (Å²) in [6, 6.07) is 14.2. The van der Waals surface area contributed by atoms with Gasteiger partial charge in [-0.3, -0.25) is 0 Å². The molecule has 1 fully saturated rings. The van der Waals surface area contributed by atoms with Gasteiger partial charge in [0.15, 0.2) is 0 Å². The molecule has 2 aromatic rings. The molecule has 0 aromatic heterocycles. The molecule has 2 aromatic carbocycles. The lowest BCUT2D eigenvalue weighted by molar-refractivity contribution is 0.0404. The molecule has 1 unspecified atom stereocenters. The second-order valence-corrected chi connectivity index (χ2v) is 10.7. The SMILES string of the molecule is CC(C)c1c(OC(=O)NCc2ccccc2)ccc2c1CCC1C(C)(C)CCC[C@]21C. The van der Waals surface area contributed by atoms with E-state index >= 15 is 0 Å². The molecule has 0 bridgehead atoms. The van der Waals surface area contributed by atoms with Crippen molar-refractivity contribution in [2.75, 3.05) is 0 Å². The number of amides is 1. The van der Waals surface area contributed by atoms with Crippen molar-refractivity contribution in [3.05, 3.63) is 64.7 Å². The molecule has 0 radical (unpaired) electrons. The first kappa shape index (κ1) is 21.9. The van der Waals surface area contributed by atoms with Crippen molar-refractivity contribution in [2.45, 2.75) is 84.6 Å². The monoisotopic (exact) mass is 419 g/mol. The quantitative estimate of drug-likeness (QED) is 0.572. The van der Waals surface area contributed by atoms with E-state index in [1.54, 1.807) is 0 Å². The highest BCUT2D eigenvalue weighted by atomic mass is 16.6. The Kier molecular flexibility index (Phi) is 5.89. The zero-order chi connectivity index (χ0) is 22.2. The van der Waals surface area contributed by atoms with E-state index in [2.05, 4.69) is 46.0 Å². The number of benzene rings is 2. The van der Waals surface area contributed by atoms with E-state index in [-0.39, 0.29) is 11.5 Å². The Morgan fingerprint density at radius 3 is 2.55 bits per heavy atom. The molecule has 2 aliphatic rings. The van der Waals surface area contributed by atoms with E-state index in [0.717, 1.165) is 17.7 Å². The summed E-state index contributed by atoms with van der Waals surface area (Å²) < 4.78 is 5.85. The summed E-state index contributed by atoms with van der Waals surface area (Å²) in [4.78, 5) is 12.6. The summed E-state index contributed by atoms with van der Waals surface area (Å²) in [6.07, 6.45) is 5.78. The lowest BCUT2D eigenvalue weighted by Crippen LogP contribution is -2.48. The number of fused-ring (bicyclic) bond motifs is 3. The Labute approximate surface area is 187 Å². The smallest absolute Gasteiger partial charge is 0.410 e. The van der Waals surface area contributed by atoms with Gasteiger partial charge in [-0.2, -0.15) is 0 Å². The fraction of sp³-hybridized carbons (Fsp3) is 0.536. The molecule has 1 saturated carbocycles. The molecule has 3 nitrogen and oxygen atoms in total. The van der Waals surface area contributed by atoms with Crippen LogP contribution < -0.4 is 10.1 Å². The van der Waals surface area contributed by atoms with Crippen LogP contribution >= 0.6 is 0 Å². The number of carbonyl (C=O) groups excluding carboxylic acids is 1. The highest BCUT2D eigenvalue weighted by Crippen LogP contribution is 2.58. The van der Waals surface area contributed by atoms with Gasteiger partial charge in [0.2, 0.25) is 0 Å². The second-order valence-electron chi connectivity index (χ2n) is 10.7. The Morgan fingerprint density at radius 1 is 1.10 bits per heavy atom. The summed E-state index contributed by atoms with van der Waals surface area (Å²) in [7, 11) is 0. The van der Waals surface area contributed by atoms with Gasteiger partial charge in [0, 0.05) is 12.1 Å². The van der Waals surface area contributed by atoms with Gasteiger partial charge in [0.25, 0.3) is 0 Å². The lowest BCUT2D eigenvalue weighted by Gasteiger charge is -2.54. The normalized spacial score (nSPS) is 24.3. The Morgan fingerprint density at radius 2 is 1.84 bits per heavy atom. The number of hydrogen-bond acceptors (Lipinski definition) is 2. The number of hydrogen-bond donors (Lipinski definition) is 1. The molecule has 3 heteroatoms. The van der Waals surface area contributed by atoms with Crippen molar-refractivity contribution in [1.82, 2.24) is 5.32 Å². The minimum atomic E-state index is -0.385. The van der Waals surface area contributed by atoms with Crippen LogP contribution in [0.15, 0.2) is 42.5 Å². The van der Waals surface area contributed by atoms with Crippen LogP contribution in [0, 0.1) is 11.3 Å². The number of ether oxygens (including phenoxy) is 1. The van der Waals surface area contributed by atoms with Gasteiger partial charge in [0.1, 0.15) is 5.75 Å². The number of nitrogens with one attached hydrogen (secondary N) is 1. The first-order valence-electron chi connectivity index (χ1n) is 11.9. The van der Waals surface area contributed by atoms with Crippen LogP contribution in [0.25, 0.3) is 0 Å². The lowest BCUT2D eigenvalue weighted by atomic mass is 9.50. The van der Waals surface area contributed by atoms with Gasteiger partial charge < -0.3 is 10.1 Å². The summed E-state index contributed by atoms with van der Waals surface area (Å²) in [5.41, 5.74) is 5.81. The molecular weight excluding hydrogens is 382 g/mol. The predicted molar refractivity (Wildman–Crippen MR) is 127 cm³/mol. The highest BCUT2D eigenvalue weighted by Gasteiger charge is 2.50. The molecule has 166 valence electrons. The van der Waals surface area contributed by atoms with Crippen LogP contribution in [0.5, 0.6) is 5.75 Å². The Hall–Kier alpha value is -2.29. The fourth-order valence-corrected chi connectivity index (χ4v) is 6.52. The van der Waals surface area contributed by atoms with E-state index in [1.807, 2.05) is 36.4 Å². The third-order valence-corrected chi connectivity index (χ3v) is 7.90. The van der Waals surface area contributed by atoms with Crippen LogP contribution in [0.4, 0.5) is 4.79 Å². The van der Waals surface area contributed by atoms with Gasteiger partial charge in [0.05, 0.1) is 0 Å². The minimum Gasteiger partial charge on any atom is -0.410 e. The van der Waals surface area contributed by atoms with Crippen LogP contribution in [-0.2, 0) is 18.4 Å². The van der Waals surface area contributed by atoms with Crippen LogP contribution in [-0.4, -0.2) is 6.09 Å². The van der Waals surface area contributed by atoms with Crippen molar-refractivity contribution in [3.8, 4) is 5.75 Å². The first-order chi connectivity index (χ1) is 14.7. The zero-order valence-corrected chi connectivity index (χ0v) is 19.8. The largest absolute Gasteiger partial charge is 0.412 e. The average Bonchev–Trinajstić information content (AvgIpc) is 2.72. The van der Waals surface area contributed by atoms with Gasteiger partial charge in [-0.1, -0.05) is 77.4 Å². The maximum atomic E-state index is 12.6. The summed E-state index contributed by atoms with van der Waals surface area (Å²) in [5, 5.41) is 2.90. The molecule has 31 heavy (non-hydrogen) atoms. The molecule has 0 heterocycles. The van der Waals surface area contributed by atoms with E-state index in [0.29, 0.717) is 23.8 Å². The van der Waals surface area contributed by atoms with Gasteiger partial charge in [-0.15, -0.1) is 0 Å². The van der Waals surface area contributed by atoms with E-state index in [1.165, 1.54) is 42.4 Å². The molecule has 1 N–H and O–H groups in total. The summed E-state index contributed by atoms with van der Waals surface area (Å²) in [5.74, 6) is 1.74. The highest BCUT2D eigenvalue weighted by molar-refractivity contribution is 5.71. The third-order valence-electron chi connectivity index (χ3n) is 7.90. The second kappa shape index (κ2) is 8.33. The van der Waals surface area contributed by atoms with Gasteiger partial charge >= 0.3 is 6.09 Å². The fourth-order valence-electron chi connectivity index (χ4n) is 6.52. The van der Waals surface area contributed by atoms with Crippen molar-refractivity contribution < 1.29 is 9.53 Å². The molecule has 2 atom stereocenters. The van der Waals surface area contributed by atoms with Crippen molar-refractivity contribution in [1.29, 1.82) is 0 Å². The standard InChI is InChI=1S/C28H37NO2/c1-19(2)25-21-12-15-24-27(3,4)16-9-17-28(24,5)22(21)13-14-23(25)31-26(30)29-18-20-10-7-6-8-11-20/h6-8,10-11,13-14,19,24H,9,12,15-18H2,1-5H3,(H,29,30)/t24?,28-/m1/s1. The molecule has 0 spiro atoms. The van der Waals surface area contributed by atoms with E-state index < -0.39 is 0 Å². The summed E-state index contributed by atoms with van der Waals surface area (Å²) >= 11 is 0. The third kappa shape index (κ3) is 4.12. The Bertz CT molecular complexity index is 947. The van der Waals surface area contributed by atoms with Gasteiger partial charge in [-0.25, -0.2) is 4.79 Å².